The molecule has 1 aromatic rings. The predicted octanol–water partition coefficient (Wildman–Crippen LogP) is 0.283. The van der Waals surface area contributed by atoms with Crippen LogP contribution in [0.25, 0.3) is 0 Å². The monoisotopic (exact) mass is 268 g/mol. The number of pyridine rings is 1. The van der Waals surface area contributed by atoms with Crippen molar-refractivity contribution in [2.24, 2.45) is 0 Å². The Morgan fingerprint density at radius 1 is 1.56 bits per heavy atom. The molecule has 1 aliphatic heterocycles. The number of hydrogen-bond donors (Lipinski definition) is 2. The van der Waals surface area contributed by atoms with E-state index >= 15 is 0 Å². The number of nitrogens with one attached hydrogen (secondary N) is 1. The van der Waals surface area contributed by atoms with Gasteiger partial charge in [0.05, 0.1) is 5.88 Å². The lowest BCUT2D eigenvalue weighted by Gasteiger charge is -2.19. The Balaban J connectivity index is 2.31. The van der Waals surface area contributed by atoms with E-state index in [2.05, 4.69) is 4.98 Å². The number of nitrogens with zero attached hydrogens (tertiary/aromatic N) is 1. The normalized spacial score (nSPS) is 18.9. The van der Waals surface area contributed by atoms with Gasteiger partial charge in [0.25, 0.3) is 5.91 Å². The Morgan fingerprint density at radius 2 is 2.28 bits per heavy atom. The molecule has 6 nitrogen and oxygen atoms in total. The third-order valence-electron chi connectivity index (χ3n) is 2.72. The summed E-state index contributed by atoms with van der Waals surface area (Å²) in [5.74, 6) is -0.931. The van der Waals surface area contributed by atoms with Gasteiger partial charge in [-0.3, -0.25) is 9.59 Å². The lowest BCUT2D eigenvalue weighted by Crippen LogP contribution is -2.43. The fourth-order valence-electron chi connectivity index (χ4n) is 1.74. The minimum absolute atomic E-state index is 0.0191. The number of aromatic amines is 1. The number of carboxylic acid groups (broad SMARTS) is 1. The van der Waals surface area contributed by atoms with Gasteiger partial charge in [0, 0.05) is 23.7 Å². The smallest absolute Gasteiger partial charge is 0.327 e. The predicted molar refractivity (Wildman–Crippen MR) is 66.7 cm³/mol. The van der Waals surface area contributed by atoms with Crippen LogP contribution < -0.4 is 5.43 Å². The Labute approximate surface area is 107 Å². The van der Waals surface area contributed by atoms with Gasteiger partial charge in [-0.05, 0) is 6.92 Å². The maximum Gasteiger partial charge on any atom is 0.327 e. The molecular formula is C11H12N2O4S. The zero-order valence-electron chi connectivity index (χ0n) is 9.67. The molecule has 0 spiro atoms. The Bertz CT molecular complexity index is 554. The van der Waals surface area contributed by atoms with Gasteiger partial charge in [-0.2, -0.15) is 0 Å². The van der Waals surface area contributed by atoms with Gasteiger partial charge in [0.15, 0.2) is 5.43 Å². The first-order valence-electron chi connectivity index (χ1n) is 5.31. The molecule has 0 saturated carbocycles. The Morgan fingerprint density at radius 3 is 2.89 bits per heavy atom. The van der Waals surface area contributed by atoms with Crippen molar-refractivity contribution in [1.29, 1.82) is 0 Å². The molecule has 1 aromatic heterocycles. The van der Waals surface area contributed by atoms with Crippen LogP contribution in [0.4, 0.5) is 0 Å². The Kier molecular flexibility index (Phi) is 3.42. The van der Waals surface area contributed by atoms with E-state index in [1.165, 1.54) is 28.9 Å². The van der Waals surface area contributed by atoms with Crippen LogP contribution >= 0.6 is 11.8 Å². The van der Waals surface area contributed by atoms with Crippen molar-refractivity contribution in [3.63, 3.8) is 0 Å². The van der Waals surface area contributed by atoms with E-state index in [1.54, 1.807) is 6.92 Å². The number of carboxylic acids is 1. The van der Waals surface area contributed by atoms with Gasteiger partial charge in [0.2, 0.25) is 0 Å². The van der Waals surface area contributed by atoms with Crippen molar-refractivity contribution in [1.82, 2.24) is 9.88 Å². The number of hydrogen-bond acceptors (Lipinski definition) is 4. The number of H-pyrrole nitrogens is 1. The summed E-state index contributed by atoms with van der Waals surface area (Å²) in [5, 5.41) is 9.00. The molecule has 0 bridgehead atoms. The first-order chi connectivity index (χ1) is 8.50. The van der Waals surface area contributed by atoms with Crippen molar-refractivity contribution >= 4 is 23.6 Å². The molecule has 1 fully saturated rings. The standard InChI is InChI=1S/C11H12N2O4S/c1-6-2-9(14)7(3-12-6)10(15)13-5-18-4-8(13)11(16)17/h2-3,8H,4-5H2,1H3,(H,12,14)(H,16,17)/t8-/m0/s1. The van der Waals surface area contributed by atoms with Crippen LogP contribution in [0.3, 0.4) is 0 Å². The summed E-state index contributed by atoms with van der Waals surface area (Å²) in [4.78, 5) is 38.8. The largest absolute Gasteiger partial charge is 0.480 e. The molecule has 1 saturated heterocycles. The molecule has 1 amide bonds. The minimum atomic E-state index is -1.04. The summed E-state index contributed by atoms with van der Waals surface area (Å²) in [6.45, 7) is 1.71. The maximum atomic E-state index is 12.1. The van der Waals surface area contributed by atoms with Gasteiger partial charge in [-0.1, -0.05) is 0 Å². The molecule has 1 aliphatic rings. The summed E-state index contributed by atoms with van der Waals surface area (Å²) in [6, 6.07) is 0.467. The topological polar surface area (TPSA) is 90.5 Å². The molecule has 0 aromatic carbocycles. The van der Waals surface area contributed by atoms with E-state index < -0.39 is 23.3 Å². The lowest BCUT2D eigenvalue weighted by molar-refractivity contribution is -0.140. The van der Waals surface area contributed by atoms with Gasteiger partial charge in [-0.15, -0.1) is 11.8 Å². The van der Waals surface area contributed by atoms with E-state index in [0.717, 1.165) is 0 Å². The number of amides is 1. The van der Waals surface area contributed by atoms with E-state index in [1.807, 2.05) is 0 Å². The van der Waals surface area contributed by atoms with Crippen LogP contribution in [0, 0.1) is 6.92 Å². The van der Waals surface area contributed by atoms with Crippen molar-refractivity contribution < 1.29 is 14.7 Å². The third-order valence-corrected chi connectivity index (χ3v) is 3.73. The number of aryl methyl sites for hydroxylation is 1. The first-order valence-corrected chi connectivity index (χ1v) is 6.47. The van der Waals surface area contributed by atoms with Crippen molar-refractivity contribution in [3.05, 3.63) is 33.7 Å². The van der Waals surface area contributed by atoms with Gasteiger partial charge < -0.3 is 15.0 Å². The van der Waals surface area contributed by atoms with Crippen LogP contribution in [0.5, 0.6) is 0 Å². The van der Waals surface area contributed by atoms with E-state index in [9.17, 15) is 14.4 Å². The number of carbonyl (C=O) groups is 2. The number of thioether (sulfide) groups is 1. The molecule has 0 aliphatic carbocycles. The summed E-state index contributed by atoms with van der Waals surface area (Å²) in [7, 11) is 0. The van der Waals surface area contributed by atoms with Crippen molar-refractivity contribution in [3.8, 4) is 0 Å². The number of aromatic nitrogens is 1. The quantitative estimate of drug-likeness (QED) is 0.804. The second-order valence-corrected chi connectivity index (χ2v) is 5.02. The summed E-state index contributed by atoms with van der Waals surface area (Å²) < 4.78 is 0. The minimum Gasteiger partial charge on any atom is -0.480 e. The van der Waals surface area contributed by atoms with Crippen LogP contribution in [-0.4, -0.2) is 44.5 Å². The van der Waals surface area contributed by atoms with Gasteiger partial charge >= 0.3 is 5.97 Å². The van der Waals surface area contributed by atoms with E-state index in [-0.39, 0.29) is 5.56 Å². The summed E-state index contributed by atoms with van der Waals surface area (Å²) >= 11 is 1.36. The highest BCUT2D eigenvalue weighted by Gasteiger charge is 2.35. The summed E-state index contributed by atoms with van der Waals surface area (Å²) in [6.07, 6.45) is 1.34. The average molecular weight is 268 g/mol. The average Bonchev–Trinajstić information content (AvgIpc) is 2.77. The van der Waals surface area contributed by atoms with E-state index in [4.69, 9.17) is 5.11 Å². The zero-order chi connectivity index (χ0) is 13.3. The molecule has 2 N–H and O–H groups in total. The lowest BCUT2D eigenvalue weighted by atomic mass is 10.2. The highest BCUT2D eigenvalue weighted by Crippen LogP contribution is 2.22. The highest BCUT2D eigenvalue weighted by molar-refractivity contribution is 7.99. The number of aliphatic carboxylic acids is 1. The second kappa shape index (κ2) is 4.85. The van der Waals surface area contributed by atoms with Crippen molar-refractivity contribution in [2.45, 2.75) is 13.0 Å². The van der Waals surface area contributed by atoms with Crippen LogP contribution in [0.2, 0.25) is 0 Å². The van der Waals surface area contributed by atoms with Gasteiger partial charge in [-0.25, -0.2) is 4.79 Å². The molecule has 18 heavy (non-hydrogen) atoms. The van der Waals surface area contributed by atoms with Crippen LogP contribution in [0.1, 0.15) is 16.1 Å². The van der Waals surface area contributed by atoms with E-state index in [0.29, 0.717) is 17.3 Å². The van der Waals surface area contributed by atoms with Crippen LogP contribution in [-0.2, 0) is 4.79 Å². The van der Waals surface area contributed by atoms with Crippen molar-refractivity contribution in [2.75, 3.05) is 11.6 Å². The molecule has 2 heterocycles. The molecule has 2 rings (SSSR count). The Hall–Kier alpha value is -1.76. The highest BCUT2D eigenvalue weighted by atomic mass is 32.2. The SMILES string of the molecule is Cc1cc(=O)c(C(=O)N2CSC[C@H]2C(=O)O)c[nH]1. The number of rotatable bonds is 2. The molecule has 7 heteroatoms. The zero-order valence-corrected chi connectivity index (χ0v) is 10.5. The fourth-order valence-corrected chi connectivity index (χ4v) is 2.89. The molecule has 0 radical (unpaired) electrons. The maximum absolute atomic E-state index is 12.1. The fraction of sp³-hybridized carbons (Fsp3) is 0.364. The molecular weight excluding hydrogens is 256 g/mol. The number of carbonyl (C=O) groups excluding carboxylic acids is 1. The molecule has 96 valence electrons. The van der Waals surface area contributed by atoms with Gasteiger partial charge in [0.1, 0.15) is 11.6 Å². The second-order valence-electron chi connectivity index (χ2n) is 4.02. The van der Waals surface area contributed by atoms with Crippen LogP contribution in [0.15, 0.2) is 17.1 Å². The first kappa shape index (κ1) is 12.7. The molecule has 0 unspecified atom stereocenters. The summed E-state index contributed by atoms with van der Waals surface area (Å²) in [5.41, 5.74) is 0.244. The third kappa shape index (κ3) is 2.26. The molecule has 1 atom stereocenters.